The Balaban J connectivity index is 1.56. The molecular weight excluding hydrogens is 773 g/mol. The number of hydrogen-bond acceptors (Lipinski definition) is 14. The summed E-state index contributed by atoms with van der Waals surface area (Å²) in [6.45, 7) is 17.4. The second kappa shape index (κ2) is 17.3. The molecule has 0 unspecified atom stereocenters. The molecule has 1 amide bonds. The Morgan fingerprint density at radius 3 is 2.30 bits per heavy atom. The zero-order valence-electron chi connectivity index (χ0n) is 36.2. The van der Waals surface area contributed by atoms with Crippen LogP contribution in [0.15, 0.2) is 46.1 Å². The predicted octanol–water partition coefficient (Wildman–Crippen LogP) is 4.50. The third-order valence-electron chi connectivity index (χ3n) is 12.8. The van der Waals surface area contributed by atoms with Gasteiger partial charge in [0, 0.05) is 87.1 Å². The number of aromatic hydroxyl groups is 2. The molecule has 1 saturated heterocycles. The number of piperidine rings is 1. The highest BCUT2D eigenvalue weighted by atomic mass is 16.7. The Labute approximate surface area is 350 Å². The quantitative estimate of drug-likeness (QED) is 0.213. The van der Waals surface area contributed by atoms with Gasteiger partial charge in [-0.3, -0.25) is 19.4 Å². The van der Waals surface area contributed by atoms with Crippen LogP contribution < -0.4 is 20.8 Å². The molecule has 326 valence electrons. The smallest absolute Gasteiger partial charge is 0.312 e. The minimum Gasteiger partial charge on any atom is -0.507 e. The third-order valence-corrected chi connectivity index (χ3v) is 12.8. The molecule has 15 nitrogen and oxygen atoms in total. The number of aliphatic hydroxyl groups is 2. The minimum absolute atomic E-state index is 0.0549. The van der Waals surface area contributed by atoms with Crippen molar-refractivity contribution in [1.82, 2.24) is 4.90 Å². The molecule has 5 aliphatic rings. The summed E-state index contributed by atoms with van der Waals surface area (Å²) in [6, 6.07) is 0. The zero-order valence-corrected chi connectivity index (χ0v) is 36.2. The van der Waals surface area contributed by atoms with Gasteiger partial charge >= 0.3 is 11.8 Å². The summed E-state index contributed by atoms with van der Waals surface area (Å²) < 4.78 is 24.0. The lowest BCUT2D eigenvalue weighted by Gasteiger charge is -2.38. The van der Waals surface area contributed by atoms with Crippen molar-refractivity contribution in [2.45, 2.75) is 117 Å². The van der Waals surface area contributed by atoms with Crippen molar-refractivity contribution in [2.24, 2.45) is 33.7 Å². The Hall–Kier alpha value is -4.83. The standard InChI is InChI=1S/C45H60N4O11/c1-11-18-49-19-16-45(17-20-49)47-33-30-31-38(53)27(7)41-32(30)42(55)44(9,60-41)58-21-15-29(57-10)24(4)40(59-28(8)50)26(6)37(52)25(5)36(51)22(2)13-12-14-23(3)43(56)46-35(39(31)54)34(33)48-45/h12-15,21-22,24-26,29,36-37,40,47,51-54H,11,16-20H2,1-10H3/b13-12+,21-15+,23-14+,46-35?/t22-,24+,25+,26+,29-,36-,37+,40+,44-/m0/s1. The molecule has 5 N–H and O–H groups in total. The van der Waals surface area contributed by atoms with Crippen LogP contribution in [0.25, 0.3) is 10.8 Å². The number of benzene rings is 2. The first-order valence-corrected chi connectivity index (χ1v) is 20.9. The summed E-state index contributed by atoms with van der Waals surface area (Å²) >= 11 is 0. The van der Waals surface area contributed by atoms with Gasteiger partial charge < -0.3 is 49.6 Å². The number of esters is 1. The summed E-state index contributed by atoms with van der Waals surface area (Å²) in [5, 5.41) is 50.5. The highest BCUT2D eigenvalue weighted by Gasteiger charge is 2.50. The van der Waals surface area contributed by atoms with E-state index >= 15 is 0 Å². The lowest BCUT2D eigenvalue weighted by atomic mass is 9.78. The lowest BCUT2D eigenvalue weighted by Crippen LogP contribution is -2.46. The molecule has 0 aromatic heterocycles. The van der Waals surface area contributed by atoms with E-state index in [1.807, 2.05) is 0 Å². The van der Waals surface area contributed by atoms with Crippen LogP contribution in [0.5, 0.6) is 17.2 Å². The molecule has 0 radical (unpaired) electrons. The Morgan fingerprint density at radius 1 is 0.983 bits per heavy atom. The fourth-order valence-electron chi connectivity index (χ4n) is 9.08. The number of ketones is 1. The van der Waals surface area contributed by atoms with E-state index in [0.717, 1.165) is 26.1 Å². The monoisotopic (exact) mass is 832 g/mol. The maximum absolute atomic E-state index is 14.7. The minimum atomic E-state index is -1.95. The van der Waals surface area contributed by atoms with Crippen LogP contribution in [-0.4, -0.2) is 106 Å². The number of aliphatic hydroxyl groups excluding tert-OH is 2. The molecule has 2 aromatic rings. The number of allylic oxidation sites excluding steroid dienone is 2. The maximum atomic E-state index is 14.7. The first kappa shape index (κ1) is 44.7. The number of likely N-dealkylation sites (tertiary alicyclic amines) is 1. The van der Waals surface area contributed by atoms with Gasteiger partial charge in [-0.25, -0.2) is 4.99 Å². The molecule has 1 spiro atoms. The van der Waals surface area contributed by atoms with Gasteiger partial charge in [0.25, 0.3) is 11.7 Å². The SMILES string of the molecule is CCCN1CCC2(CC1)N=c1c(c3c4c5c(C)c(O)c3c(O)c1=NC(=O)/C(C)=C/C=C/[C@H](C)[C@H](O)[C@@H](C)[C@@H](O)[C@@H](C)[C@H](OC(C)=O)[C@H](C)[C@@H](OC)/C=C/O[C@@](C)(O5)C4=O)N2. The molecule has 2 aromatic carbocycles. The van der Waals surface area contributed by atoms with Crippen molar-refractivity contribution in [3.63, 3.8) is 0 Å². The normalized spacial score (nSPS) is 32.9. The van der Waals surface area contributed by atoms with Crippen LogP contribution >= 0.6 is 0 Å². The van der Waals surface area contributed by atoms with Crippen molar-refractivity contribution < 1.29 is 53.8 Å². The summed E-state index contributed by atoms with van der Waals surface area (Å²) in [7, 11) is 1.47. The van der Waals surface area contributed by atoms with Crippen LogP contribution in [0.1, 0.15) is 90.6 Å². The molecule has 7 rings (SSSR count). The van der Waals surface area contributed by atoms with Crippen LogP contribution in [0, 0.1) is 30.6 Å². The van der Waals surface area contributed by atoms with Crippen molar-refractivity contribution in [2.75, 3.05) is 32.1 Å². The summed E-state index contributed by atoms with van der Waals surface area (Å²) in [6.07, 6.45) is 6.08. The van der Waals surface area contributed by atoms with Gasteiger partial charge in [-0.2, -0.15) is 0 Å². The van der Waals surface area contributed by atoms with Gasteiger partial charge in [0.05, 0.1) is 41.2 Å². The van der Waals surface area contributed by atoms with Crippen molar-refractivity contribution in [3.05, 3.63) is 58.0 Å². The predicted molar refractivity (Wildman–Crippen MR) is 223 cm³/mol. The lowest BCUT2D eigenvalue weighted by molar-refractivity contribution is -0.160. The van der Waals surface area contributed by atoms with Gasteiger partial charge in [0.1, 0.15) is 34.0 Å². The van der Waals surface area contributed by atoms with Gasteiger partial charge in [0.15, 0.2) is 5.75 Å². The number of carbonyl (C=O) groups is 3. The molecule has 9 atom stereocenters. The highest BCUT2D eigenvalue weighted by molar-refractivity contribution is 6.21. The molecule has 5 aliphatic heterocycles. The van der Waals surface area contributed by atoms with E-state index in [1.54, 1.807) is 59.8 Å². The van der Waals surface area contributed by atoms with Crippen LogP contribution in [0.2, 0.25) is 0 Å². The number of anilines is 1. The van der Waals surface area contributed by atoms with E-state index < -0.39 is 82.9 Å². The largest absolute Gasteiger partial charge is 0.507 e. The number of hydrogen-bond donors (Lipinski definition) is 5. The number of Topliss-reactive ketones (excluding diaryl/α,β-unsaturated/α-hetero) is 1. The third kappa shape index (κ3) is 8.04. The van der Waals surface area contributed by atoms with E-state index in [0.29, 0.717) is 18.5 Å². The first-order valence-electron chi connectivity index (χ1n) is 20.9. The van der Waals surface area contributed by atoms with E-state index in [2.05, 4.69) is 22.1 Å². The van der Waals surface area contributed by atoms with Crippen LogP contribution in [0.4, 0.5) is 5.69 Å². The van der Waals surface area contributed by atoms with E-state index in [4.69, 9.17) is 23.9 Å². The van der Waals surface area contributed by atoms with Gasteiger partial charge in [-0.05, 0) is 32.9 Å². The summed E-state index contributed by atoms with van der Waals surface area (Å²) in [4.78, 5) is 52.8. The molecule has 0 saturated carbocycles. The number of methoxy groups -OCH3 is 1. The van der Waals surface area contributed by atoms with Crippen molar-refractivity contribution >= 4 is 34.1 Å². The average Bonchev–Trinajstić information content (AvgIpc) is 3.71. The molecule has 0 aliphatic carbocycles. The Morgan fingerprint density at radius 2 is 1.67 bits per heavy atom. The van der Waals surface area contributed by atoms with Crippen molar-refractivity contribution in [1.29, 1.82) is 0 Å². The Bertz CT molecular complexity index is 2260. The molecule has 5 bridgehead atoms. The number of nitrogens with one attached hydrogen (secondary N) is 1. The number of amides is 1. The second-order valence-corrected chi connectivity index (χ2v) is 17.1. The van der Waals surface area contributed by atoms with Crippen LogP contribution in [0.3, 0.4) is 0 Å². The number of rotatable bonds is 4. The molecule has 60 heavy (non-hydrogen) atoms. The number of fused-ring (bicyclic) bond motifs is 13. The van der Waals surface area contributed by atoms with Gasteiger partial charge in [-0.15, -0.1) is 0 Å². The highest BCUT2D eigenvalue weighted by Crippen LogP contribution is 2.51. The topological polar surface area (TPSA) is 209 Å². The number of nitrogens with zero attached hydrogens (tertiary/aromatic N) is 3. The molecule has 15 heteroatoms. The number of ether oxygens (including phenoxy) is 4. The summed E-state index contributed by atoms with van der Waals surface area (Å²) in [5.74, 6) is -7.02. The number of phenolic OH excluding ortho intramolecular Hbond substituents is 2. The van der Waals surface area contributed by atoms with E-state index in [-0.39, 0.29) is 49.7 Å². The summed E-state index contributed by atoms with van der Waals surface area (Å²) in [5.41, 5.74) is -0.0963. The van der Waals surface area contributed by atoms with E-state index in [1.165, 1.54) is 33.3 Å². The van der Waals surface area contributed by atoms with E-state index in [9.17, 15) is 34.8 Å². The first-order chi connectivity index (χ1) is 28.3. The second-order valence-electron chi connectivity index (χ2n) is 17.1. The van der Waals surface area contributed by atoms with Gasteiger partial charge in [0.2, 0.25) is 0 Å². The van der Waals surface area contributed by atoms with Crippen molar-refractivity contribution in [3.8, 4) is 17.2 Å². The Kier molecular flexibility index (Phi) is 12.9. The number of carbonyl (C=O) groups excluding carboxylic acids is 3. The van der Waals surface area contributed by atoms with Crippen LogP contribution in [-0.2, 0) is 23.8 Å². The molecule has 5 heterocycles. The number of phenols is 2. The average molecular weight is 833 g/mol. The molecular formula is C45H60N4O11. The zero-order chi connectivity index (χ0) is 44.0. The molecule has 1 fully saturated rings. The fourth-order valence-corrected chi connectivity index (χ4v) is 9.08. The van der Waals surface area contributed by atoms with Gasteiger partial charge in [-0.1, -0.05) is 52.8 Å². The maximum Gasteiger partial charge on any atom is 0.312 e. The fraction of sp³-hybridized carbons (Fsp3) is 0.578.